The van der Waals surface area contributed by atoms with Crippen LogP contribution >= 0.6 is 15.9 Å². The third-order valence-electron chi connectivity index (χ3n) is 3.23. The van der Waals surface area contributed by atoms with Gasteiger partial charge in [0.2, 0.25) is 0 Å². The van der Waals surface area contributed by atoms with E-state index in [0.29, 0.717) is 18.5 Å². The lowest BCUT2D eigenvalue weighted by Crippen LogP contribution is -2.21. The minimum absolute atomic E-state index is 0.436. The number of nitrogen functional groups attached to an aromatic ring is 1. The van der Waals surface area contributed by atoms with E-state index < -0.39 is 0 Å². The molecule has 0 aromatic carbocycles. The summed E-state index contributed by atoms with van der Waals surface area (Å²) in [4.78, 5) is 8.14. The Kier molecular flexibility index (Phi) is 5.81. The van der Waals surface area contributed by atoms with Gasteiger partial charge in [-0.1, -0.05) is 19.3 Å². The van der Waals surface area contributed by atoms with Crippen molar-refractivity contribution in [2.75, 3.05) is 23.9 Å². The second kappa shape index (κ2) is 7.62. The van der Waals surface area contributed by atoms with E-state index >= 15 is 0 Å². The zero-order valence-electron chi connectivity index (χ0n) is 10.9. The fourth-order valence-corrected chi connectivity index (χ4v) is 2.68. The van der Waals surface area contributed by atoms with Crippen LogP contribution in [0.5, 0.6) is 0 Å². The summed E-state index contributed by atoms with van der Waals surface area (Å²) < 4.78 is 6.57. The summed E-state index contributed by atoms with van der Waals surface area (Å²) in [5.74, 6) is 6.63. The van der Waals surface area contributed by atoms with Crippen LogP contribution in [0.1, 0.15) is 32.1 Å². The molecule has 4 N–H and O–H groups in total. The van der Waals surface area contributed by atoms with Gasteiger partial charge in [-0.3, -0.25) is 0 Å². The first-order chi connectivity index (χ1) is 9.31. The number of aromatic nitrogens is 2. The molecule has 0 spiro atoms. The Morgan fingerprint density at radius 2 is 2.00 bits per heavy atom. The molecule has 1 aliphatic carbocycles. The molecule has 0 atom stereocenters. The van der Waals surface area contributed by atoms with Crippen molar-refractivity contribution >= 4 is 27.6 Å². The summed E-state index contributed by atoms with van der Waals surface area (Å²) in [6.07, 6.45) is 8.22. The van der Waals surface area contributed by atoms with E-state index in [9.17, 15) is 0 Å². The number of hydrogen-bond acceptors (Lipinski definition) is 6. The van der Waals surface area contributed by atoms with Crippen LogP contribution in [-0.4, -0.2) is 29.2 Å². The quantitative estimate of drug-likeness (QED) is 0.422. The van der Waals surface area contributed by atoms with Gasteiger partial charge in [0.05, 0.1) is 12.7 Å². The highest BCUT2D eigenvalue weighted by Gasteiger charge is 2.13. The zero-order chi connectivity index (χ0) is 13.5. The fourth-order valence-electron chi connectivity index (χ4n) is 2.22. The molecule has 0 radical (unpaired) electrons. The molecule has 1 fully saturated rings. The molecular formula is C12H20BrN5O. The second-order valence-corrected chi connectivity index (χ2v) is 5.38. The van der Waals surface area contributed by atoms with Gasteiger partial charge in [0, 0.05) is 6.54 Å². The summed E-state index contributed by atoms with van der Waals surface area (Å²) in [7, 11) is 0. The minimum atomic E-state index is 0.436. The Labute approximate surface area is 121 Å². The van der Waals surface area contributed by atoms with Crippen molar-refractivity contribution < 1.29 is 4.74 Å². The Hall–Kier alpha value is -0.920. The molecule has 0 aliphatic heterocycles. The van der Waals surface area contributed by atoms with Gasteiger partial charge in [0.1, 0.15) is 16.6 Å². The molecule has 0 unspecified atom stereocenters. The summed E-state index contributed by atoms with van der Waals surface area (Å²) in [5, 5.41) is 3.21. The second-order valence-electron chi connectivity index (χ2n) is 4.59. The minimum Gasteiger partial charge on any atom is -0.376 e. The van der Waals surface area contributed by atoms with Crippen LogP contribution in [0.15, 0.2) is 10.8 Å². The van der Waals surface area contributed by atoms with E-state index in [1.807, 2.05) is 0 Å². The zero-order valence-corrected chi connectivity index (χ0v) is 12.4. The molecule has 19 heavy (non-hydrogen) atoms. The van der Waals surface area contributed by atoms with Gasteiger partial charge in [-0.25, -0.2) is 15.8 Å². The molecule has 2 rings (SSSR count). The monoisotopic (exact) mass is 329 g/mol. The maximum atomic E-state index is 5.84. The van der Waals surface area contributed by atoms with Crippen molar-refractivity contribution in [3.05, 3.63) is 10.8 Å². The average molecular weight is 330 g/mol. The third-order valence-corrected chi connectivity index (χ3v) is 3.98. The number of anilines is 2. The van der Waals surface area contributed by atoms with Crippen LogP contribution in [0.3, 0.4) is 0 Å². The van der Waals surface area contributed by atoms with E-state index in [-0.39, 0.29) is 0 Å². The van der Waals surface area contributed by atoms with Gasteiger partial charge in [0.15, 0.2) is 5.82 Å². The SMILES string of the molecule is NNc1ncnc(NCCOC2CCCCC2)c1Br. The number of nitrogens with zero attached hydrogens (tertiary/aromatic N) is 2. The smallest absolute Gasteiger partial charge is 0.159 e. The highest BCUT2D eigenvalue weighted by Crippen LogP contribution is 2.25. The lowest BCUT2D eigenvalue weighted by Gasteiger charge is -2.22. The number of ether oxygens (including phenoxy) is 1. The molecule has 1 aromatic rings. The molecular weight excluding hydrogens is 310 g/mol. The van der Waals surface area contributed by atoms with Crippen LogP contribution in [0.25, 0.3) is 0 Å². The van der Waals surface area contributed by atoms with Crippen LogP contribution < -0.4 is 16.6 Å². The predicted molar refractivity (Wildman–Crippen MR) is 78.9 cm³/mol. The molecule has 6 nitrogen and oxygen atoms in total. The molecule has 0 bridgehead atoms. The summed E-state index contributed by atoms with van der Waals surface area (Å²) in [6.45, 7) is 1.41. The normalized spacial score (nSPS) is 16.3. The number of hydrogen-bond donors (Lipinski definition) is 3. The molecule has 1 heterocycles. The van der Waals surface area contributed by atoms with Crippen LogP contribution in [-0.2, 0) is 4.74 Å². The summed E-state index contributed by atoms with van der Waals surface area (Å²) in [6, 6.07) is 0. The number of hydrazine groups is 1. The van der Waals surface area contributed by atoms with Gasteiger partial charge < -0.3 is 15.5 Å². The van der Waals surface area contributed by atoms with Gasteiger partial charge in [0.25, 0.3) is 0 Å². The Morgan fingerprint density at radius 3 is 2.74 bits per heavy atom. The standard InChI is InChI=1S/C12H20BrN5O/c13-10-11(16-8-17-12(10)18-14)15-6-7-19-9-4-2-1-3-5-9/h8-9H,1-7,14H2,(H2,15,16,17,18). The van der Waals surface area contributed by atoms with Crippen molar-refractivity contribution in [1.82, 2.24) is 9.97 Å². The van der Waals surface area contributed by atoms with Crippen molar-refractivity contribution in [2.45, 2.75) is 38.2 Å². The van der Waals surface area contributed by atoms with Crippen molar-refractivity contribution in [3.8, 4) is 0 Å². The first-order valence-corrected chi connectivity index (χ1v) is 7.43. The largest absolute Gasteiger partial charge is 0.376 e. The highest BCUT2D eigenvalue weighted by atomic mass is 79.9. The Bertz CT molecular complexity index is 398. The number of nitrogens with two attached hydrogens (primary N) is 1. The number of halogens is 1. The topological polar surface area (TPSA) is 85.1 Å². The molecule has 1 aliphatic rings. The summed E-state index contributed by atoms with van der Waals surface area (Å²) in [5.41, 5.74) is 2.51. The number of rotatable bonds is 6. The molecule has 106 valence electrons. The van der Waals surface area contributed by atoms with Gasteiger partial charge in [-0.2, -0.15) is 0 Å². The maximum absolute atomic E-state index is 5.84. The van der Waals surface area contributed by atoms with Crippen molar-refractivity contribution in [1.29, 1.82) is 0 Å². The van der Waals surface area contributed by atoms with E-state index in [4.69, 9.17) is 10.6 Å². The first kappa shape index (κ1) is 14.5. The summed E-state index contributed by atoms with van der Waals surface area (Å²) >= 11 is 3.40. The van der Waals surface area contributed by atoms with Crippen molar-refractivity contribution in [3.63, 3.8) is 0 Å². The third kappa shape index (κ3) is 4.29. The van der Waals surface area contributed by atoms with Crippen LogP contribution in [0.4, 0.5) is 11.6 Å². The van der Waals surface area contributed by atoms with Crippen LogP contribution in [0, 0.1) is 0 Å². The molecule has 0 saturated heterocycles. The van der Waals surface area contributed by atoms with Gasteiger partial charge in [-0.05, 0) is 28.8 Å². The van der Waals surface area contributed by atoms with Crippen molar-refractivity contribution in [2.24, 2.45) is 5.84 Å². The molecule has 1 aromatic heterocycles. The Balaban J connectivity index is 1.73. The maximum Gasteiger partial charge on any atom is 0.159 e. The fraction of sp³-hybridized carbons (Fsp3) is 0.667. The average Bonchev–Trinajstić information content (AvgIpc) is 2.46. The predicted octanol–water partition coefficient (Wildman–Crippen LogP) is 2.29. The van der Waals surface area contributed by atoms with E-state index in [1.54, 1.807) is 0 Å². The molecule has 7 heteroatoms. The lowest BCUT2D eigenvalue weighted by atomic mass is 9.98. The molecule has 0 amide bonds. The van der Waals surface area contributed by atoms with E-state index in [0.717, 1.165) is 16.8 Å². The van der Waals surface area contributed by atoms with Gasteiger partial charge in [-0.15, -0.1) is 0 Å². The number of nitrogens with one attached hydrogen (secondary N) is 2. The van der Waals surface area contributed by atoms with Gasteiger partial charge >= 0.3 is 0 Å². The van der Waals surface area contributed by atoms with Crippen LogP contribution in [0.2, 0.25) is 0 Å². The highest BCUT2D eigenvalue weighted by molar-refractivity contribution is 9.10. The first-order valence-electron chi connectivity index (χ1n) is 6.64. The molecule has 1 saturated carbocycles. The van der Waals surface area contributed by atoms with E-state index in [2.05, 4.69) is 36.6 Å². The van der Waals surface area contributed by atoms with E-state index in [1.165, 1.54) is 38.4 Å². The Morgan fingerprint density at radius 1 is 1.26 bits per heavy atom. The lowest BCUT2D eigenvalue weighted by molar-refractivity contribution is 0.0347.